The van der Waals surface area contributed by atoms with Crippen LogP contribution in [-0.4, -0.2) is 11.5 Å². The van der Waals surface area contributed by atoms with Crippen molar-refractivity contribution >= 4 is 0 Å². The minimum Gasteiger partial charge on any atom is -0.406 e. The van der Waals surface area contributed by atoms with Gasteiger partial charge in [0.2, 0.25) is 0 Å². The lowest BCUT2D eigenvalue weighted by molar-refractivity contribution is -0.274. The summed E-state index contributed by atoms with van der Waals surface area (Å²) in [5.41, 5.74) is 1.20. The highest BCUT2D eigenvalue weighted by molar-refractivity contribution is 5.48. The molecule has 0 bridgehead atoms. The summed E-state index contributed by atoms with van der Waals surface area (Å²) >= 11 is 0. The maximum atomic E-state index is 12.4. The summed E-state index contributed by atoms with van der Waals surface area (Å²) in [4.78, 5) is 0. The summed E-state index contributed by atoms with van der Waals surface area (Å²) in [6.45, 7) is 6.33. The van der Waals surface area contributed by atoms with E-state index in [0.717, 1.165) is 30.4 Å². The zero-order valence-corrected chi connectivity index (χ0v) is 13.0. The molecule has 1 saturated carbocycles. The van der Waals surface area contributed by atoms with Crippen molar-refractivity contribution in [2.24, 2.45) is 11.3 Å². The Morgan fingerprint density at radius 2 is 1.86 bits per heavy atom. The smallest absolute Gasteiger partial charge is 0.406 e. The van der Waals surface area contributed by atoms with E-state index in [1.165, 1.54) is 12.1 Å². The molecular formula is C17H21F3O2. The predicted molar refractivity (Wildman–Crippen MR) is 76.6 cm³/mol. The van der Waals surface area contributed by atoms with Gasteiger partial charge in [0.15, 0.2) is 0 Å². The van der Waals surface area contributed by atoms with Gasteiger partial charge in [0.25, 0.3) is 0 Å². The van der Waals surface area contributed by atoms with Crippen LogP contribution in [0.1, 0.15) is 57.3 Å². The molecular weight excluding hydrogens is 293 g/mol. The van der Waals surface area contributed by atoms with E-state index in [2.05, 4.69) is 25.5 Å². The highest BCUT2D eigenvalue weighted by atomic mass is 19.4. The normalized spacial score (nSPS) is 33.2. The number of aliphatic hydroxyl groups is 1. The summed E-state index contributed by atoms with van der Waals surface area (Å²) in [5, 5.41) is 10.7. The van der Waals surface area contributed by atoms with Crippen molar-refractivity contribution in [2.75, 3.05) is 0 Å². The molecule has 2 nitrogen and oxygen atoms in total. The second kappa shape index (κ2) is 4.63. The third-order valence-corrected chi connectivity index (χ3v) is 5.55. The van der Waals surface area contributed by atoms with Crippen LogP contribution in [-0.2, 0) is 5.41 Å². The molecule has 0 aliphatic heterocycles. The van der Waals surface area contributed by atoms with Crippen LogP contribution in [0.4, 0.5) is 13.2 Å². The standard InChI is InChI=1S/C17H21F3O2/c1-15(2)7-4-8-16(3)12-9-10(22-17(18,19)20)5-6-11(12)13(21)14(15)16/h5-6,9,13-14,21H,4,7-8H2,1-3H3/t13?,14-,16?/m0/s1. The van der Waals surface area contributed by atoms with E-state index in [1.807, 2.05) is 0 Å². The van der Waals surface area contributed by atoms with Gasteiger partial charge < -0.3 is 9.84 Å². The zero-order valence-electron chi connectivity index (χ0n) is 13.0. The topological polar surface area (TPSA) is 29.5 Å². The fourth-order valence-corrected chi connectivity index (χ4v) is 4.83. The number of ether oxygens (including phenoxy) is 1. The monoisotopic (exact) mass is 314 g/mol. The first kappa shape index (κ1) is 15.7. The Labute approximate surface area is 128 Å². The Balaban J connectivity index is 2.06. The molecule has 0 radical (unpaired) electrons. The van der Waals surface area contributed by atoms with Crippen molar-refractivity contribution < 1.29 is 23.0 Å². The molecule has 122 valence electrons. The van der Waals surface area contributed by atoms with Crippen molar-refractivity contribution in [1.82, 2.24) is 0 Å². The number of benzene rings is 1. The lowest BCUT2D eigenvalue weighted by Gasteiger charge is -2.48. The molecule has 2 aliphatic carbocycles. The predicted octanol–water partition coefficient (Wildman–Crippen LogP) is 4.72. The van der Waals surface area contributed by atoms with Crippen LogP contribution in [0, 0.1) is 11.3 Å². The van der Waals surface area contributed by atoms with Crippen LogP contribution in [0.25, 0.3) is 0 Å². The summed E-state index contributed by atoms with van der Waals surface area (Å²) < 4.78 is 41.4. The molecule has 1 fully saturated rings. The van der Waals surface area contributed by atoms with E-state index in [4.69, 9.17) is 0 Å². The minimum absolute atomic E-state index is 0.0184. The van der Waals surface area contributed by atoms with E-state index in [-0.39, 0.29) is 22.5 Å². The first-order chi connectivity index (χ1) is 10.0. The van der Waals surface area contributed by atoms with Gasteiger partial charge in [-0.3, -0.25) is 0 Å². The Morgan fingerprint density at radius 1 is 1.18 bits per heavy atom. The summed E-state index contributed by atoms with van der Waals surface area (Å²) in [7, 11) is 0. The molecule has 0 heterocycles. The van der Waals surface area contributed by atoms with Crippen LogP contribution in [0.2, 0.25) is 0 Å². The minimum atomic E-state index is -4.70. The number of hydrogen-bond donors (Lipinski definition) is 1. The molecule has 3 atom stereocenters. The molecule has 1 aromatic carbocycles. The average molecular weight is 314 g/mol. The molecule has 5 heteroatoms. The molecule has 22 heavy (non-hydrogen) atoms. The molecule has 2 aliphatic rings. The average Bonchev–Trinajstić information content (AvgIpc) is 2.57. The maximum Gasteiger partial charge on any atom is 0.573 e. The summed E-state index contributed by atoms with van der Waals surface area (Å²) in [6.07, 6.45) is -2.42. The molecule has 2 unspecified atom stereocenters. The second-order valence-electron chi connectivity index (χ2n) is 7.48. The van der Waals surface area contributed by atoms with Gasteiger partial charge in [-0.2, -0.15) is 0 Å². The highest BCUT2D eigenvalue weighted by Gasteiger charge is 2.56. The van der Waals surface area contributed by atoms with Gasteiger partial charge in [0.05, 0.1) is 6.10 Å². The van der Waals surface area contributed by atoms with E-state index in [0.29, 0.717) is 0 Å². The van der Waals surface area contributed by atoms with Gasteiger partial charge in [-0.15, -0.1) is 13.2 Å². The first-order valence-corrected chi connectivity index (χ1v) is 7.63. The van der Waals surface area contributed by atoms with Crippen LogP contribution in [0.3, 0.4) is 0 Å². The quantitative estimate of drug-likeness (QED) is 0.813. The van der Waals surface area contributed by atoms with Crippen molar-refractivity contribution in [2.45, 2.75) is 57.9 Å². The molecule has 3 rings (SSSR count). The number of halogens is 3. The van der Waals surface area contributed by atoms with E-state index in [1.54, 1.807) is 6.07 Å². The maximum absolute atomic E-state index is 12.4. The molecule has 0 spiro atoms. The van der Waals surface area contributed by atoms with Crippen molar-refractivity contribution in [3.8, 4) is 5.75 Å². The Kier molecular flexibility index (Phi) is 3.30. The number of hydrogen-bond acceptors (Lipinski definition) is 2. The van der Waals surface area contributed by atoms with Crippen LogP contribution >= 0.6 is 0 Å². The van der Waals surface area contributed by atoms with Gasteiger partial charge in [-0.05, 0) is 46.9 Å². The van der Waals surface area contributed by atoms with Crippen molar-refractivity contribution in [1.29, 1.82) is 0 Å². The van der Waals surface area contributed by atoms with Crippen LogP contribution < -0.4 is 4.74 Å². The van der Waals surface area contributed by atoms with Crippen LogP contribution in [0.15, 0.2) is 18.2 Å². The third kappa shape index (κ3) is 2.30. The van der Waals surface area contributed by atoms with Crippen molar-refractivity contribution in [3.05, 3.63) is 29.3 Å². The number of fused-ring (bicyclic) bond motifs is 3. The van der Waals surface area contributed by atoms with Crippen molar-refractivity contribution in [3.63, 3.8) is 0 Å². The van der Waals surface area contributed by atoms with Gasteiger partial charge in [0, 0.05) is 5.92 Å². The molecule has 0 saturated heterocycles. The lowest BCUT2D eigenvalue weighted by atomic mass is 9.56. The number of rotatable bonds is 1. The van der Waals surface area contributed by atoms with E-state index < -0.39 is 12.5 Å². The Morgan fingerprint density at radius 3 is 2.50 bits per heavy atom. The second-order valence-corrected chi connectivity index (χ2v) is 7.48. The molecule has 0 aromatic heterocycles. The Hall–Kier alpha value is -1.23. The van der Waals surface area contributed by atoms with Crippen LogP contribution in [0.5, 0.6) is 5.75 Å². The SMILES string of the molecule is CC1(C)CCCC2(C)c3cc(OC(F)(F)F)ccc3C(O)[C@@H]12. The van der Waals surface area contributed by atoms with E-state index >= 15 is 0 Å². The number of alkyl halides is 3. The highest BCUT2D eigenvalue weighted by Crippen LogP contribution is 2.62. The molecule has 0 amide bonds. The van der Waals surface area contributed by atoms with Gasteiger partial charge >= 0.3 is 6.36 Å². The summed E-state index contributed by atoms with van der Waals surface area (Å²) in [6, 6.07) is 4.34. The number of aliphatic hydroxyl groups excluding tert-OH is 1. The fourth-order valence-electron chi connectivity index (χ4n) is 4.83. The lowest BCUT2D eigenvalue weighted by Crippen LogP contribution is -2.43. The fraction of sp³-hybridized carbons (Fsp3) is 0.647. The third-order valence-electron chi connectivity index (χ3n) is 5.55. The molecule has 1 aromatic rings. The first-order valence-electron chi connectivity index (χ1n) is 7.63. The summed E-state index contributed by atoms with van der Waals surface area (Å²) in [5.74, 6) is -0.186. The van der Waals surface area contributed by atoms with Gasteiger partial charge in [-0.1, -0.05) is 33.3 Å². The Bertz CT molecular complexity index is 594. The largest absolute Gasteiger partial charge is 0.573 e. The molecule has 1 N–H and O–H groups in total. The van der Waals surface area contributed by atoms with Gasteiger partial charge in [0.1, 0.15) is 5.75 Å². The zero-order chi connectivity index (χ0) is 16.3. The van der Waals surface area contributed by atoms with E-state index in [9.17, 15) is 18.3 Å². The van der Waals surface area contributed by atoms with Gasteiger partial charge in [-0.25, -0.2) is 0 Å².